The molecule has 1 aliphatic carbocycles. The van der Waals surface area contributed by atoms with Crippen LogP contribution in [0, 0.1) is 6.92 Å². The average Bonchev–Trinajstić information content (AvgIpc) is 3.16. The Morgan fingerprint density at radius 1 is 1.09 bits per heavy atom. The summed E-state index contributed by atoms with van der Waals surface area (Å²) in [4.78, 5) is 24.3. The van der Waals surface area contributed by atoms with Crippen LogP contribution in [-0.2, 0) is 9.53 Å². The van der Waals surface area contributed by atoms with Gasteiger partial charge in [0.25, 0.3) is 0 Å². The van der Waals surface area contributed by atoms with Crippen molar-refractivity contribution in [1.29, 1.82) is 0 Å². The minimum absolute atomic E-state index is 0.0934. The Labute approximate surface area is 201 Å². The second-order valence-electron chi connectivity index (χ2n) is 9.44. The molecule has 2 heterocycles. The quantitative estimate of drug-likeness (QED) is 0.536. The normalized spacial score (nSPS) is 17.5. The molecule has 6 heteroatoms. The first-order valence-electron chi connectivity index (χ1n) is 12.1. The SMILES string of the molecule is Cc1cc(OCC2CN(C(=O)CC3c4ccccc4-c4ccccc43)CCO2)nc(C(C)C)n1. The Morgan fingerprint density at radius 2 is 1.76 bits per heavy atom. The molecular weight excluding hydrogens is 426 g/mol. The lowest BCUT2D eigenvalue weighted by Gasteiger charge is -2.33. The summed E-state index contributed by atoms with van der Waals surface area (Å²) in [6.07, 6.45) is 0.281. The number of aromatic nitrogens is 2. The Bertz CT molecular complexity index is 1150. The number of amides is 1. The van der Waals surface area contributed by atoms with Gasteiger partial charge in [0.2, 0.25) is 11.8 Å². The standard InChI is InChI=1S/C28H31N3O3/c1-18(2)28-29-19(3)14-26(30-28)34-17-20-16-31(12-13-33-20)27(32)15-25-23-10-6-4-8-21(23)22-9-5-7-11-24(22)25/h4-11,14,18,20,25H,12-13,15-17H2,1-3H3. The molecule has 0 bridgehead atoms. The highest BCUT2D eigenvalue weighted by molar-refractivity contribution is 5.84. The number of carbonyl (C=O) groups is 1. The van der Waals surface area contributed by atoms with E-state index >= 15 is 0 Å². The van der Waals surface area contributed by atoms with Crippen LogP contribution in [0.1, 0.15) is 54.7 Å². The summed E-state index contributed by atoms with van der Waals surface area (Å²) >= 11 is 0. The first-order chi connectivity index (χ1) is 16.5. The molecular formula is C28H31N3O3. The van der Waals surface area contributed by atoms with Crippen molar-refractivity contribution in [2.24, 2.45) is 0 Å². The van der Waals surface area contributed by atoms with Crippen molar-refractivity contribution in [1.82, 2.24) is 14.9 Å². The number of fused-ring (bicyclic) bond motifs is 3. The summed E-state index contributed by atoms with van der Waals surface area (Å²) in [5.74, 6) is 1.81. The van der Waals surface area contributed by atoms with Gasteiger partial charge in [0.05, 0.1) is 13.2 Å². The van der Waals surface area contributed by atoms with Gasteiger partial charge < -0.3 is 14.4 Å². The van der Waals surface area contributed by atoms with E-state index in [1.807, 2.05) is 17.9 Å². The fraction of sp³-hybridized carbons (Fsp3) is 0.393. The van der Waals surface area contributed by atoms with E-state index in [1.54, 1.807) is 0 Å². The fourth-order valence-corrected chi connectivity index (χ4v) is 4.90. The third-order valence-electron chi connectivity index (χ3n) is 6.61. The van der Waals surface area contributed by atoms with Gasteiger partial charge in [-0.2, -0.15) is 4.98 Å². The zero-order valence-corrected chi connectivity index (χ0v) is 20.0. The van der Waals surface area contributed by atoms with Crippen molar-refractivity contribution in [2.45, 2.75) is 45.1 Å². The van der Waals surface area contributed by atoms with E-state index < -0.39 is 0 Å². The third-order valence-corrected chi connectivity index (χ3v) is 6.61. The van der Waals surface area contributed by atoms with Gasteiger partial charge in [-0.1, -0.05) is 62.4 Å². The Hall–Kier alpha value is -3.25. The molecule has 6 nitrogen and oxygen atoms in total. The Kier molecular flexibility index (Phi) is 6.33. The van der Waals surface area contributed by atoms with Crippen LogP contribution in [0.25, 0.3) is 11.1 Å². The van der Waals surface area contributed by atoms with Gasteiger partial charge in [-0.25, -0.2) is 4.98 Å². The molecule has 1 atom stereocenters. The van der Waals surface area contributed by atoms with Crippen LogP contribution in [0.4, 0.5) is 0 Å². The lowest BCUT2D eigenvalue weighted by molar-refractivity contribution is -0.140. The molecule has 1 saturated heterocycles. The number of benzene rings is 2. The first-order valence-corrected chi connectivity index (χ1v) is 12.1. The first kappa shape index (κ1) is 22.5. The minimum atomic E-state index is -0.182. The van der Waals surface area contributed by atoms with Gasteiger partial charge in [-0.3, -0.25) is 4.79 Å². The van der Waals surface area contributed by atoms with Gasteiger partial charge >= 0.3 is 0 Å². The minimum Gasteiger partial charge on any atom is -0.475 e. The molecule has 0 radical (unpaired) electrons. The maximum Gasteiger partial charge on any atom is 0.223 e. The molecule has 0 saturated carbocycles. The van der Waals surface area contributed by atoms with Gasteiger partial charge in [0.1, 0.15) is 18.5 Å². The smallest absolute Gasteiger partial charge is 0.223 e. The topological polar surface area (TPSA) is 64.5 Å². The van der Waals surface area contributed by atoms with Crippen LogP contribution in [0.5, 0.6) is 5.88 Å². The van der Waals surface area contributed by atoms with Gasteiger partial charge in [-0.05, 0) is 29.2 Å². The second kappa shape index (κ2) is 9.55. The van der Waals surface area contributed by atoms with Crippen LogP contribution >= 0.6 is 0 Å². The summed E-state index contributed by atoms with van der Waals surface area (Å²) in [5.41, 5.74) is 5.85. The monoisotopic (exact) mass is 457 g/mol. The van der Waals surface area contributed by atoms with Crippen LogP contribution in [0.3, 0.4) is 0 Å². The van der Waals surface area contributed by atoms with Crippen molar-refractivity contribution in [3.05, 3.63) is 77.2 Å². The second-order valence-corrected chi connectivity index (χ2v) is 9.44. The number of rotatable bonds is 6. The molecule has 1 fully saturated rings. The molecule has 1 aliphatic heterocycles. The van der Waals surface area contributed by atoms with Gasteiger partial charge in [-0.15, -0.1) is 0 Å². The maximum atomic E-state index is 13.4. The van der Waals surface area contributed by atoms with Crippen molar-refractivity contribution >= 4 is 5.91 Å². The van der Waals surface area contributed by atoms with Crippen molar-refractivity contribution in [3.63, 3.8) is 0 Å². The molecule has 0 spiro atoms. The highest BCUT2D eigenvalue weighted by atomic mass is 16.5. The van der Waals surface area contributed by atoms with Crippen LogP contribution in [-0.4, -0.2) is 53.2 Å². The summed E-state index contributed by atoms with van der Waals surface area (Å²) in [5, 5.41) is 0. The zero-order valence-electron chi connectivity index (χ0n) is 20.0. The lowest BCUT2D eigenvalue weighted by Crippen LogP contribution is -2.47. The molecule has 0 N–H and O–H groups in total. The van der Waals surface area contributed by atoms with Gasteiger partial charge in [0.15, 0.2) is 0 Å². The molecule has 34 heavy (non-hydrogen) atoms. The third kappa shape index (κ3) is 4.55. The fourth-order valence-electron chi connectivity index (χ4n) is 4.90. The van der Waals surface area contributed by atoms with E-state index in [1.165, 1.54) is 22.3 Å². The average molecular weight is 458 g/mol. The molecule has 1 unspecified atom stereocenters. The van der Waals surface area contributed by atoms with E-state index in [4.69, 9.17) is 9.47 Å². The highest BCUT2D eigenvalue weighted by Crippen LogP contribution is 2.46. The number of hydrogen-bond donors (Lipinski definition) is 0. The van der Waals surface area contributed by atoms with Crippen LogP contribution in [0.15, 0.2) is 54.6 Å². The summed E-state index contributed by atoms with van der Waals surface area (Å²) in [7, 11) is 0. The predicted molar refractivity (Wildman–Crippen MR) is 131 cm³/mol. The van der Waals surface area contributed by atoms with E-state index in [0.717, 1.165) is 11.5 Å². The number of nitrogens with zero attached hydrogens (tertiary/aromatic N) is 3. The molecule has 3 aromatic rings. The molecule has 2 aliphatic rings. The molecule has 1 amide bonds. The van der Waals surface area contributed by atoms with Crippen LogP contribution in [0.2, 0.25) is 0 Å². The van der Waals surface area contributed by atoms with Crippen molar-refractivity contribution < 1.29 is 14.3 Å². The van der Waals surface area contributed by atoms with E-state index in [2.05, 4.69) is 72.3 Å². The number of carbonyl (C=O) groups excluding carboxylic acids is 1. The largest absolute Gasteiger partial charge is 0.475 e. The van der Waals surface area contributed by atoms with Crippen molar-refractivity contribution in [2.75, 3.05) is 26.3 Å². The van der Waals surface area contributed by atoms with Crippen LogP contribution < -0.4 is 4.74 Å². The Balaban J connectivity index is 1.24. The highest BCUT2D eigenvalue weighted by Gasteiger charge is 2.32. The molecule has 2 aromatic carbocycles. The van der Waals surface area contributed by atoms with Crippen molar-refractivity contribution in [3.8, 4) is 17.0 Å². The number of ether oxygens (including phenoxy) is 2. The van der Waals surface area contributed by atoms with E-state index in [9.17, 15) is 4.79 Å². The molecule has 176 valence electrons. The Morgan fingerprint density at radius 3 is 2.44 bits per heavy atom. The van der Waals surface area contributed by atoms with Gasteiger partial charge in [0, 0.05) is 36.6 Å². The summed E-state index contributed by atoms with van der Waals surface area (Å²) < 4.78 is 11.9. The van der Waals surface area contributed by atoms with E-state index in [-0.39, 0.29) is 23.8 Å². The number of hydrogen-bond acceptors (Lipinski definition) is 5. The predicted octanol–water partition coefficient (Wildman–Crippen LogP) is 4.72. The zero-order chi connectivity index (χ0) is 23.7. The molecule has 1 aromatic heterocycles. The lowest BCUT2D eigenvalue weighted by atomic mass is 9.93. The number of morpholine rings is 1. The number of aryl methyl sites for hydroxylation is 1. The molecule has 5 rings (SSSR count). The summed E-state index contributed by atoms with van der Waals surface area (Å²) in [6.45, 7) is 8.06. The maximum absolute atomic E-state index is 13.4. The van der Waals surface area contributed by atoms with E-state index in [0.29, 0.717) is 38.6 Å². The summed E-state index contributed by atoms with van der Waals surface area (Å²) in [6, 6.07) is 18.7.